The predicted octanol–water partition coefficient (Wildman–Crippen LogP) is 13.6. The Hall–Kier alpha value is -7.23. The number of benzene rings is 8. The maximum Gasteiger partial charge on any atom is 0.155 e. The summed E-state index contributed by atoms with van der Waals surface area (Å²) in [6.07, 6.45) is 3.84. The van der Waals surface area contributed by atoms with Crippen LogP contribution in [0.4, 0.5) is 17.1 Å². The van der Waals surface area contributed by atoms with Crippen molar-refractivity contribution in [2.24, 2.45) is 0 Å². The van der Waals surface area contributed by atoms with E-state index in [1.807, 2.05) is 12.4 Å². The minimum Gasteiger partial charge on any atom is -0.454 e. The molecule has 0 aliphatic heterocycles. The van der Waals surface area contributed by atoms with E-state index in [1.54, 1.807) is 0 Å². The molecule has 0 radical (unpaired) electrons. The first kappa shape index (κ1) is 30.3. The summed E-state index contributed by atoms with van der Waals surface area (Å²) in [6.45, 7) is 0. The lowest BCUT2D eigenvalue weighted by atomic mass is 9.70. The monoisotopic (exact) mass is 700 g/mol. The lowest BCUT2D eigenvalue weighted by Gasteiger charge is -2.32. The van der Waals surface area contributed by atoms with Crippen LogP contribution >= 0.6 is 0 Å². The van der Waals surface area contributed by atoms with Gasteiger partial charge in [-0.05, 0) is 103 Å². The molecule has 55 heavy (non-hydrogen) atoms. The van der Waals surface area contributed by atoms with Crippen LogP contribution in [0.1, 0.15) is 22.3 Å². The third-order valence-electron chi connectivity index (χ3n) is 11.9. The number of aromatic nitrogens is 1. The van der Waals surface area contributed by atoms with Crippen LogP contribution in [0.25, 0.3) is 66.1 Å². The first-order valence-corrected chi connectivity index (χ1v) is 18.9. The molecule has 2 aromatic heterocycles. The standard InChI is InChI=1S/C52H32N2O/c1-2-12-33(13-3-1)34-22-24-37(25-23-34)54(48-31-53-32-50-51(48)43-28-35-14-4-5-15-36(35)29-49(43)55-50)38-26-27-42-41-18-8-11-21-46(41)52(47(42)30-38)44-19-9-6-16-39(44)40-17-7-10-20-45(40)52/h1-32H. The summed E-state index contributed by atoms with van der Waals surface area (Å²) in [5.74, 6) is 0. The highest BCUT2D eigenvalue weighted by Gasteiger charge is 2.51. The fourth-order valence-electron chi connectivity index (χ4n) is 9.65. The lowest BCUT2D eigenvalue weighted by Crippen LogP contribution is -2.26. The van der Waals surface area contributed by atoms with Gasteiger partial charge in [-0.25, -0.2) is 0 Å². The Kier molecular flexibility index (Phi) is 6.26. The van der Waals surface area contributed by atoms with E-state index in [4.69, 9.17) is 9.40 Å². The van der Waals surface area contributed by atoms with Gasteiger partial charge in [-0.1, -0.05) is 146 Å². The van der Waals surface area contributed by atoms with E-state index in [9.17, 15) is 0 Å². The smallest absolute Gasteiger partial charge is 0.155 e. The fraction of sp³-hybridized carbons (Fsp3) is 0.0192. The molecule has 8 aromatic carbocycles. The largest absolute Gasteiger partial charge is 0.454 e. The van der Waals surface area contributed by atoms with Gasteiger partial charge in [0.15, 0.2) is 5.58 Å². The molecule has 0 amide bonds. The number of hydrogen-bond donors (Lipinski definition) is 0. The molecule has 1 spiro atoms. The highest BCUT2D eigenvalue weighted by Crippen LogP contribution is 2.63. The molecule has 0 saturated heterocycles. The average Bonchev–Trinajstić information content (AvgIpc) is 3.87. The minimum atomic E-state index is -0.455. The fourth-order valence-corrected chi connectivity index (χ4v) is 9.65. The Bertz CT molecular complexity index is 3090. The zero-order valence-electron chi connectivity index (χ0n) is 29.8. The molecular formula is C52H32N2O. The first-order chi connectivity index (χ1) is 27.3. The van der Waals surface area contributed by atoms with Crippen LogP contribution in [-0.2, 0) is 5.41 Å². The van der Waals surface area contributed by atoms with E-state index < -0.39 is 5.41 Å². The molecule has 256 valence electrons. The number of furan rings is 1. The predicted molar refractivity (Wildman–Crippen MR) is 225 cm³/mol. The van der Waals surface area contributed by atoms with Gasteiger partial charge in [0.05, 0.1) is 28.9 Å². The van der Waals surface area contributed by atoms with E-state index in [1.165, 1.54) is 61.0 Å². The zero-order chi connectivity index (χ0) is 36.1. The van der Waals surface area contributed by atoms with Gasteiger partial charge < -0.3 is 9.32 Å². The van der Waals surface area contributed by atoms with Gasteiger partial charge in [0.1, 0.15) is 5.58 Å². The molecule has 12 rings (SSSR count). The van der Waals surface area contributed by atoms with E-state index in [2.05, 4.69) is 187 Å². The summed E-state index contributed by atoms with van der Waals surface area (Å²) in [4.78, 5) is 7.19. The van der Waals surface area contributed by atoms with Gasteiger partial charge in [-0.15, -0.1) is 0 Å². The summed E-state index contributed by atoms with van der Waals surface area (Å²) < 4.78 is 6.58. The summed E-state index contributed by atoms with van der Waals surface area (Å²) in [7, 11) is 0. The summed E-state index contributed by atoms with van der Waals surface area (Å²) in [6, 6.07) is 66.4. The Morgan fingerprint density at radius 1 is 0.418 bits per heavy atom. The van der Waals surface area contributed by atoms with Crippen LogP contribution in [0, 0.1) is 0 Å². The van der Waals surface area contributed by atoms with E-state index in [0.29, 0.717) is 0 Å². The highest BCUT2D eigenvalue weighted by molar-refractivity contribution is 6.16. The number of hydrogen-bond acceptors (Lipinski definition) is 3. The SMILES string of the molecule is c1ccc(-c2ccc(N(c3ccc4c(c3)C3(c5ccccc5-c5ccccc53)c3ccccc3-4)c3cncc4oc5cc6ccccc6cc5c34)cc2)cc1. The molecule has 10 aromatic rings. The van der Waals surface area contributed by atoms with Crippen LogP contribution in [0.5, 0.6) is 0 Å². The number of anilines is 3. The van der Waals surface area contributed by atoms with Crippen molar-refractivity contribution in [3.05, 3.63) is 217 Å². The summed E-state index contributed by atoms with van der Waals surface area (Å²) in [5, 5.41) is 4.44. The van der Waals surface area contributed by atoms with Crippen molar-refractivity contribution in [3.63, 3.8) is 0 Å². The van der Waals surface area contributed by atoms with E-state index in [-0.39, 0.29) is 0 Å². The second-order valence-electron chi connectivity index (χ2n) is 14.7. The van der Waals surface area contributed by atoms with Crippen molar-refractivity contribution in [2.45, 2.75) is 5.41 Å². The highest BCUT2D eigenvalue weighted by atomic mass is 16.3. The van der Waals surface area contributed by atoms with Crippen LogP contribution in [-0.4, -0.2) is 4.98 Å². The minimum absolute atomic E-state index is 0.455. The lowest BCUT2D eigenvalue weighted by molar-refractivity contribution is 0.667. The molecule has 0 atom stereocenters. The van der Waals surface area contributed by atoms with Crippen molar-refractivity contribution in [1.82, 2.24) is 4.98 Å². The Morgan fingerprint density at radius 3 is 1.64 bits per heavy atom. The molecule has 3 heteroatoms. The molecule has 2 heterocycles. The third-order valence-corrected chi connectivity index (χ3v) is 11.9. The van der Waals surface area contributed by atoms with Crippen molar-refractivity contribution in [1.29, 1.82) is 0 Å². The number of rotatable bonds is 4. The van der Waals surface area contributed by atoms with Crippen LogP contribution in [0.15, 0.2) is 199 Å². The molecule has 0 fully saturated rings. The molecule has 0 bridgehead atoms. The summed E-state index contributed by atoms with van der Waals surface area (Å²) >= 11 is 0. The van der Waals surface area contributed by atoms with E-state index >= 15 is 0 Å². The van der Waals surface area contributed by atoms with Gasteiger partial charge in [0, 0.05) is 16.8 Å². The topological polar surface area (TPSA) is 29.3 Å². The van der Waals surface area contributed by atoms with Gasteiger partial charge in [0.25, 0.3) is 0 Å². The summed E-state index contributed by atoms with van der Waals surface area (Å²) in [5.41, 5.74) is 17.0. The maximum absolute atomic E-state index is 6.58. The van der Waals surface area contributed by atoms with Gasteiger partial charge in [0.2, 0.25) is 0 Å². The number of nitrogens with zero attached hydrogens (tertiary/aromatic N) is 2. The molecule has 0 N–H and O–H groups in total. The molecule has 2 aliphatic carbocycles. The molecule has 0 saturated carbocycles. The molecular weight excluding hydrogens is 669 g/mol. The molecule has 3 nitrogen and oxygen atoms in total. The normalized spacial score (nSPS) is 13.2. The second kappa shape index (κ2) is 11.4. The molecule has 0 unspecified atom stereocenters. The van der Waals surface area contributed by atoms with E-state index in [0.717, 1.165) is 44.4 Å². The van der Waals surface area contributed by atoms with Crippen LogP contribution in [0.3, 0.4) is 0 Å². The average molecular weight is 701 g/mol. The Balaban J connectivity index is 1.14. The maximum atomic E-state index is 6.58. The van der Waals surface area contributed by atoms with Gasteiger partial charge in [-0.2, -0.15) is 0 Å². The van der Waals surface area contributed by atoms with Crippen LogP contribution < -0.4 is 4.90 Å². The quantitative estimate of drug-likeness (QED) is 0.183. The molecule has 2 aliphatic rings. The van der Waals surface area contributed by atoms with Crippen LogP contribution in [0.2, 0.25) is 0 Å². The number of fused-ring (bicyclic) bond motifs is 14. The van der Waals surface area contributed by atoms with Crippen molar-refractivity contribution in [2.75, 3.05) is 4.90 Å². The first-order valence-electron chi connectivity index (χ1n) is 18.9. The second-order valence-corrected chi connectivity index (χ2v) is 14.7. The van der Waals surface area contributed by atoms with Gasteiger partial charge >= 0.3 is 0 Å². The zero-order valence-corrected chi connectivity index (χ0v) is 29.8. The Labute approximate surface area is 318 Å². The number of pyridine rings is 1. The van der Waals surface area contributed by atoms with Crippen molar-refractivity contribution in [3.8, 4) is 33.4 Å². The van der Waals surface area contributed by atoms with Crippen molar-refractivity contribution >= 4 is 49.8 Å². The third kappa shape index (κ3) is 4.18. The Morgan fingerprint density at radius 2 is 0.964 bits per heavy atom. The van der Waals surface area contributed by atoms with Crippen molar-refractivity contribution < 1.29 is 4.42 Å². The van der Waals surface area contributed by atoms with Gasteiger partial charge in [-0.3, -0.25) is 4.98 Å².